The molecule has 0 bridgehead atoms. The molecule has 104 valence electrons. The molecule has 2 atom stereocenters. The third-order valence-corrected chi connectivity index (χ3v) is 4.33. The highest BCUT2D eigenvalue weighted by Crippen LogP contribution is 2.62. The third kappa shape index (κ3) is 2.43. The Bertz CT molecular complexity index is 349. The molecule has 6 heteroatoms. The normalized spacial score (nSPS) is 23.9. The summed E-state index contributed by atoms with van der Waals surface area (Å²) in [4.78, 5) is 22.5. The van der Waals surface area contributed by atoms with E-state index in [1.165, 1.54) is 6.92 Å². The second-order valence-electron chi connectivity index (χ2n) is 6.05. The lowest BCUT2D eigenvalue weighted by Gasteiger charge is -2.18. The van der Waals surface area contributed by atoms with Crippen LogP contribution in [0.3, 0.4) is 0 Å². The van der Waals surface area contributed by atoms with Gasteiger partial charge in [-0.1, -0.05) is 27.7 Å². The van der Waals surface area contributed by atoms with Crippen molar-refractivity contribution in [1.29, 1.82) is 0 Å². The summed E-state index contributed by atoms with van der Waals surface area (Å²) in [6.45, 7) is 9.50. The van der Waals surface area contributed by atoms with Crippen LogP contribution in [0.15, 0.2) is 0 Å². The standard InChI is InChI=1S/C12H22N2O4/c1-6(15)7(8(16)17)13-10(18)14-9-11(2,3)12(9,4)5/h6-7,9,15H,1-5H3,(H,16,17)(H2,13,14,18). The summed E-state index contributed by atoms with van der Waals surface area (Å²) < 4.78 is 0. The van der Waals surface area contributed by atoms with Crippen LogP contribution in [0.25, 0.3) is 0 Å². The van der Waals surface area contributed by atoms with Crippen molar-refractivity contribution in [2.75, 3.05) is 0 Å². The molecular weight excluding hydrogens is 236 g/mol. The first-order valence-electron chi connectivity index (χ1n) is 5.99. The van der Waals surface area contributed by atoms with Crippen LogP contribution in [0.2, 0.25) is 0 Å². The van der Waals surface area contributed by atoms with E-state index < -0.39 is 24.1 Å². The number of aliphatic hydroxyl groups is 1. The Balaban J connectivity index is 2.56. The van der Waals surface area contributed by atoms with Gasteiger partial charge >= 0.3 is 12.0 Å². The molecule has 2 amide bonds. The van der Waals surface area contributed by atoms with Gasteiger partial charge in [-0.2, -0.15) is 0 Å². The Labute approximate surface area is 107 Å². The topological polar surface area (TPSA) is 98.7 Å². The number of amides is 2. The lowest BCUT2D eigenvalue weighted by molar-refractivity contribution is -0.141. The Morgan fingerprint density at radius 3 is 1.89 bits per heavy atom. The molecule has 0 aromatic rings. The quantitative estimate of drug-likeness (QED) is 0.592. The van der Waals surface area contributed by atoms with Crippen LogP contribution in [-0.4, -0.2) is 40.4 Å². The number of carboxylic acids is 1. The average Bonchev–Trinajstić information content (AvgIpc) is 2.56. The minimum Gasteiger partial charge on any atom is -0.480 e. The number of rotatable bonds is 4. The van der Waals surface area contributed by atoms with Crippen LogP contribution in [0.5, 0.6) is 0 Å². The number of aliphatic carboxylic acids is 1. The Morgan fingerprint density at radius 1 is 1.17 bits per heavy atom. The van der Waals surface area contributed by atoms with E-state index >= 15 is 0 Å². The average molecular weight is 258 g/mol. The monoisotopic (exact) mass is 258 g/mol. The van der Waals surface area contributed by atoms with E-state index in [2.05, 4.69) is 10.6 Å². The van der Waals surface area contributed by atoms with Gasteiger partial charge in [-0.15, -0.1) is 0 Å². The summed E-state index contributed by atoms with van der Waals surface area (Å²) in [6.07, 6.45) is -1.14. The van der Waals surface area contributed by atoms with Gasteiger partial charge in [-0.25, -0.2) is 9.59 Å². The molecule has 0 radical (unpaired) electrons. The van der Waals surface area contributed by atoms with Crippen LogP contribution in [0, 0.1) is 10.8 Å². The fraction of sp³-hybridized carbons (Fsp3) is 0.833. The first-order chi connectivity index (χ1) is 8.01. The van der Waals surface area contributed by atoms with Crippen LogP contribution >= 0.6 is 0 Å². The maximum absolute atomic E-state index is 11.7. The molecule has 1 saturated carbocycles. The van der Waals surface area contributed by atoms with Crippen molar-refractivity contribution in [2.45, 2.75) is 52.8 Å². The predicted molar refractivity (Wildman–Crippen MR) is 66.1 cm³/mol. The molecule has 0 aliphatic heterocycles. The molecule has 0 aromatic carbocycles. The minimum absolute atomic E-state index is 0.00607. The number of nitrogens with one attached hydrogen (secondary N) is 2. The summed E-state index contributed by atoms with van der Waals surface area (Å²) in [6, 6.07) is -1.87. The largest absolute Gasteiger partial charge is 0.480 e. The Hall–Kier alpha value is -1.30. The van der Waals surface area contributed by atoms with E-state index in [0.29, 0.717) is 0 Å². The summed E-state index contributed by atoms with van der Waals surface area (Å²) in [7, 11) is 0. The van der Waals surface area contributed by atoms with Gasteiger partial charge in [0, 0.05) is 6.04 Å². The number of urea groups is 1. The molecule has 0 saturated heterocycles. The summed E-state index contributed by atoms with van der Waals surface area (Å²) in [5, 5.41) is 23.1. The maximum Gasteiger partial charge on any atom is 0.328 e. The van der Waals surface area contributed by atoms with Crippen molar-refractivity contribution in [3.05, 3.63) is 0 Å². The van der Waals surface area contributed by atoms with Crippen LogP contribution in [0.1, 0.15) is 34.6 Å². The molecular formula is C12H22N2O4. The van der Waals surface area contributed by atoms with E-state index in [1.807, 2.05) is 27.7 Å². The van der Waals surface area contributed by atoms with Crippen molar-refractivity contribution in [1.82, 2.24) is 10.6 Å². The van der Waals surface area contributed by atoms with Crippen molar-refractivity contribution < 1.29 is 19.8 Å². The number of carbonyl (C=O) groups excluding carboxylic acids is 1. The number of aliphatic hydroxyl groups excluding tert-OH is 1. The molecule has 1 fully saturated rings. The highest BCUT2D eigenvalue weighted by molar-refractivity contribution is 5.83. The van der Waals surface area contributed by atoms with Gasteiger partial charge in [0.05, 0.1) is 6.10 Å². The fourth-order valence-corrected chi connectivity index (χ4v) is 2.26. The zero-order valence-electron chi connectivity index (χ0n) is 11.4. The zero-order valence-corrected chi connectivity index (χ0v) is 11.4. The number of carbonyl (C=O) groups is 2. The van der Waals surface area contributed by atoms with Gasteiger partial charge in [0.1, 0.15) is 0 Å². The van der Waals surface area contributed by atoms with Crippen LogP contribution in [-0.2, 0) is 4.79 Å². The second-order valence-corrected chi connectivity index (χ2v) is 6.05. The fourth-order valence-electron chi connectivity index (χ4n) is 2.26. The molecule has 18 heavy (non-hydrogen) atoms. The van der Waals surface area contributed by atoms with Crippen molar-refractivity contribution >= 4 is 12.0 Å². The first-order valence-corrected chi connectivity index (χ1v) is 5.99. The number of carboxylic acid groups (broad SMARTS) is 1. The molecule has 1 rings (SSSR count). The minimum atomic E-state index is -1.30. The molecule has 1 aliphatic rings. The van der Waals surface area contributed by atoms with Gasteiger partial charge in [0.2, 0.25) is 0 Å². The van der Waals surface area contributed by atoms with Gasteiger partial charge in [0.25, 0.3) is 0 Å². The van der Waals surface area contributed by atoms with E-state index in [9.17, 15) is 14.7 Å². The third-order valence-electron chi connectivity index (χ3n) is 4.33. The van der Waals surface area contributed by atoms with E-state index in [0.717, 1.165) is 0 Å². The van der Waals surface area contributed by atoms with Gasteiger partial charge in [-0.3, -0.25) is 0 Å². The molecule has 4 N–H and O–H groups in total. The van der Waals surface area contributed by atoms with Crippen molar-refractivity contribution in [3.63, 3.8) is 0 Å². The maximum atomic E-state index is 11.7. The summed E-state index contributed by atoms with van der Waals surface area (Å²) in [5.74, 6) is -1.26. The van der Waals surface area contributed by atoms with E-state index in [4.69, 9.17) is 5.11 Å². The van der Waals surface area contributed by atoms with E-state index in [-0.39, 0.29) is 16.9 Å². The van der Waals surface area contributed by atoms with Crippen LogP contribution in [0.4, 0.5) is 4.79 Å². The molecule has 6 nitrogen and oxygen atoms in total. The first kappa shape index (κ1) is 14.8. The molecule has 1 aliphatic carbocycles. The lowest BCUT2D eigenvalue weighted by atomic mass is 10.0. The Morgan fingerprint density at radius 2 is 1.61 bits per heavy atom. The van der Waals surface area contributed by atoms with Crippen molar-refractivity contribution in [2.24, 2.45) is 10.8 Å². The SMILES string of the molecule is CC(O)C(NC(=O)NC1C(C)(C)C1(C)C)C(=O)O. The zero-order chi connectivity index (χ0) is 14.3. The van der Waals surface area contributed by atoms with E-state index in [1.54, 1.807) is 0 Å². The lowest BCUT2D eigenvalue weighted by Crippen LogP contribution is -2.52. The summed E-state index contributed by atoms with van der Waals surface area (Å²) in [5.41, 5.74) is -0.0399. The highest BCUT2D eigenvalue weighted by Gasteiger charge is 2.65. The molecule has 0 spiro atoms. The van der Waals surface area contributed by atoms with Crippen LogP contribution < -0.4 is 10.6 Å². The smallest absolute Gasteiger partial charge is 0.328 e. The van der Waals surface area contributed by atoms with Gasteiger partial charge in [0.15, 0.2) is 6.04 Å². The predicted octanol–water partition coefficient (Wildman–Crippen LogP) is 0.554. The van der Waals surface area contributed by atoms with Crippen molar-refractivity contribution in [3.8, 4) is 0 Å². The second kappa shape index (κ2) is 4.42. The van der Waals surface area contributed by atoms with Gasteiger partial charge in [-0.05, 0) is 17.8 Å². The number of hydrogen-bond acceptors (Lipinski definition) is 3. The highest BCUT2D eigenvalue weighted by atomic mass is 16.4. The Kier molecular flexibility index (Phi) is 3.63. The van der Waals surface area contributed by atoms with Gasteiger partial charge < -0.3 is 20.8 Å². The molecule has 2 unspecified atom stereocenters. The molecule has 0 aromatic heterocycles. The molecule has 0 heterocycles. The number of hydrogen-bond donors (Lipinski definition) is 4. The summed E-state index contributed by atoms with van der Waals surface area (Å²) >= 11 is 0.